The Morgan fingerprint density at radius 2 is 2.05 bits per heavy atom. The van der Waals surface area contributed by atoms with Crippen molar-refractivity contribution in [1.29, 1.82) is 5.41 Å². The first kappa shape index (κ1) is 13.4. The van der Waals surface area contributed by atoms with Crippen LogP contribution >= 0.6 is 11.6 Å². The highest BCUT2D eigenvalue weighted by atomic mass is 35.5. The Morgan fingerprint density at radius 1 is 1.26 bits per heavy atom. The van der Waals surface area contributed by atoms with Crippen molar-refractivity contribution >= 4 is 17.4 Å². The lowest BCUT2D eigenvalue weighted by Gasteiger charge is -2.11. The number of benzene rings is 2. The zero-order valence-corrected chi connectivity index (χ0v) is 11.4. The van der Waals surface area contributed by atoms with Crippen molar-refractivity contribution in [2.75, 3.05) is 0 Å². The van der Waals surface area contributed by atoms with Gasteiger partial charge in [-0.1, -0.05) is 35.4 Å². The van der Waals surface area contributed by atoms with E-state index >= 15 is 0 Å². The van der Waals surface area contributed by atoms with Gasteiger partial charge in [-0.3, -0.25) is 5.41 Å². The van der Waals surface area contributed by atoms with E-state index in [4.69, 9.17) is 27.5 Å². The first-order valence-electron chi connectivity index (χ1n) is 5.88. The summed E-state index contributed by atoms with van der Waals surface area (Å²) in [6.07, 6.45) is 0. The molecule has 0 aliphatic rings. The predicted octanol–water partition coefficient (Wildman–Crippen LogP) is 3.51. The van der Waals surface area contributed by atoms with E-state index in [0.29, 0.717) is 22.9 Å². The first-order valence-corrected chi connectivity index (χ1v) is 6.26. The fourth-order valence-corrected chi connectivity index (χ4v) is 1.98. The van der Waals surface area contributed by atoms with Gasteiger partial charge in [0.15, 0.2) is 0 Å². The van der Waals surface area contributed by atoms with E-state index in [2.05, 4.69) is 0 Å². The lowest BCUT2D eigenvalue weighted by atomic mass is 10.1. The molecule has 3 nitrogen and oxygen atoms in total. The Hall–Kier alpha value is -2.00. The SMILES string of the molecule is Cc1ccc(OCc2cccc(Cl)c2)c(C(=N)N)c1. The molecule has 19 heavy (non-hydrogen) atoms. The molecule has 2 aromatic rings. The molecule has 0 atom stereocenters. The molecule has 0 heterocycles. The zero-order chi connectivity index (χ0) is 13.8. The Kier molecular flexibility index (Phi) is 4.07. The van der Waals surface area contributed by atoms with Crippen LogP contribution in [0.2, 0.25) is 5.02 Å². The summed E-state index contributed by atoms with van der Waals surface area (Å²) in [5.74, 6) is 0.614. The van der Waals surface area contributed by atoms with Gasteiger partial charge in [0.25, 0.3) is 0 Å². The van der Waals surface area contributed by atoms with Gasteiger partial charge in [0.05, 0.1) is 5.56 Å². The number of nitrogen functional groups attached to an aromatic ring is 1. The minimum Gasteiger partial charge on any atom is -0.488 e. The number of hydrogen-bond donors (Lipinski definition) is 2. The third kappa shape index (κ3) is 3.48. The van der Waals surface area contributed by atoms with Crippen LogP contribution in [0.15, 0.2) is 42.5 Å². The summed E-state index contributed by atoms with van der Waals surface area (Å²) in [6, 6.07) is 13.1. The average Bonchev–Trinajstić information content (AvgIpc) is 2.37. The minimum atomic E-state index is 0.00444. The van der Waals surface area contributed by atoms with Crippen molar-refractivity contribution in [1.82, 2.24) is 0 Å². The summed E-state index contributed by atoms with van der Waals surface area (Å²) in [7, 11) is 0. The van der Waals surface area contributed by atoms with E-state index in [1.165, 1.54) is 0 Å². The number of nitrogens with two attached hydrogens (primary N) is 1. The molecule has 0 bridgehead atoms. The van der Waals surface area contributed by atoms with Gasteiger partial charge >= 0.3 is 0 Å². The third-order valence-corrected chi connectivity index (χ3v) is 2.94. The number of nitrogens with one attached hydrogen (secondary N) is 1. The van der Waals surface area contributed by atoms with Crippen LogP contribution in [-0.4, -0.2) is 5.84 Å². The molecule has 0 aliphatic heterocycles. The van der Waals surface area contributed by atoms with Gasteiger partial charge in [-0.05, 0) is 36.8 Å². The molecule has 0 spiro atoms. The van der Waals surface area contributed by atoms with E-state index in [9.17, 15) is 0 Å². The number of ether oxygens (including phenoxy) is 1. The summed E-state index contributed by atoms with van der Waals surface area (Å²) >= 11 is 5.92. The highest BCUT2D eigenvalue weighted by Crippen LogP contribution is 2.21. The van der Waals surface area contributed by atoms with E-state index < -0.39 is 0 Å². The maximum absolute atomic E-state index is 7.57. The second-order valence-electron chi connectivity index (χ2n) is 4.33. The van der Waals surface area contributed by atoms with Crippen LogP contribution in [0, 0.1) is 12.3 Å². The second-order valence-corrected chi connectivity index (χ2v) is 4.77. The van der Waals surface area contributed by atoms with Gasteiger partial charge in [0.1, 0.15) is 18.2 Å². The molecule has 0 amide bonds. The van der Waals surface area contributed by atoms with Crippen molar-refractivity contribution in [2.45, 2.75) is 13.5 Å². The van der Waals surface area contributed by atoms with E-state index in [0.717, 1.165) is 11.1 Å². The smallest absolute Gasteiger partial charge is 0.130 e. The first-order chi connectivity index (χ1) is 9.06. The minimum absolute atomic E-state index is 0.00444. The predicted molar refractivity (Wildman–Crippen MR) is 78.0 cm³/mol. The molecule has 2 rings (SSSR count). The standard InChI is InChI=1S/C15H15ClN2O/c1-10-5-6-14(13(7-10)15(17)18)19-9-11-3-2-4-12(16)8-11/h2-8H,9H2,1H3,(H3,17,18). The summed E-state index contributed by atoms with van der Waals surface area (Å²) in [4.78, 5) is 0. The second kappa shape index (κ2) is 5.76. The zero-order valence-electron chi connectivity index (χ0n) is 10.6. The van der Waals surface area contributed by atoms with Gasteiger partial charge in [0.2, 0.25) is 0 Å². The number of rotatable bonds is 4. The number of halogens is 1. The Bertz CT molecular complexity index is 611. The molecule has 0 unspecified atom stereocenters. The Labute approximate surface area is 117 Å². The molecule has 3 N–H and O–H groups in total. The lowest BCUT2D eigenvalue weighted by Crippen LogP contribution is -2.13. The van der Waals surface area contributed by atoms with Gasteiger partial charge in [-0.25, -0.2) is 0 Å². The molecule has 4 heteroatoms. The summed E-state index contributed by atoms with van der Waals surface area (Å²) in [5, 5.41) is 8.24. The maximum atomic E-state index is 7.57. The van der Waals surface area contributed by atoms with E-state index in [1.807, 2.05) is 49.4 Å². The summed E-state index contributed by atoms with van der Waals surface area (Å²) < 4.78 is 5.72. The third-order valence-electron chi connectivity index (χ3n) is 2.71. The molecule has 98 valence electrons. The Morgan fingerprint density at radius 3 is 2.74 bits per heavy atom. The fraction of sp³-hybridized carbons (Fsp3) is 0.133. The number of amidine groups is 1. The van der Waals surface area contributed by atoms with Crippen LogP contribution in [0.5, 0.6) is 5.75 Å². The average molecular weight is 275 g/mol. The summed E-state index contributed by atoms with van der Waals surface area (Å²) in [6.45, 7) is 2.34. The largest absolute Gasteiger partial charge is 0.488 e. The molecular formula is C15H15ClN2O. The van der Waals surface area contributed by atoms with Crippen LogP contribution in [0.4, 0.5) is 0 Å². The topological polar surface area (TPSA) is 59.1 Å². The highest BCUT2D eigenvalue weighted by molar-refractivity contribution is 6.30. The molecule has 2 aromatic carbocycles. The van der Waals surface area contributed by atoms with Crippen molar-refractivity contribution in [3.63, 3.8) is 0 Å². The maximum Gasteiger partial charge on any atom is 0.130 e. The molecule has 0 saturated carbocycles. The molecule has 0 saturated heterocycles. The summed E-state index contributed by atoms with van der Waals surface area (Å²) in [5.41, 5.74) is 8.19. The van der Waals surface area contributed by atoms with Gasteiger partial charge in [-0.2, -0.15) is 0 Å². The van der Waals surface area contributed by atoms with Gasteiger partial charge in [-0.15, -0.1) is 0 Å². The van der Waals surface area contributed by atoms with Crippen molar-refractivity contribution < 1.29 is 4.74 Å². The molecule has 0 fully saturated rings. The Balaban J connectivity index is 2.17. The fourth-order valence-electron chi connectivity index (χ4n) is 1.77. The van der Waals surface area contributed by atoms with Crippen LogP contribution in [0.3, 0.4) is 0 Å². The number of aryl methyl sites for hydroxylation is 1. The molecule has 0 aromatic heterocycles. The van der Waals surface area contributed by atoms with E-state index in [-0.39, 0.29) is 5.84 Å². The monoisotopic (exact) mass is 274 g/mol. The quantitative estimate of drug-likeness (QED) is 0.662. The molecular weight excluding hydrogens is 260 g/mol. The van der Waals surface area contributed by atoms with Crippen molar-refractivity contribution in [3.8, 4) is 5.75 Å². The normalized spacial score (nSPS) is 10.2. The lowest BCUT2D eigenvalue weighted by molar-refractivity contribution is 0.305. The van der Waals surface area contributed by atoms with Crippen LogP contribution < -0.4 is 10.5 Å². The van der Waals surface area contributed by atoms with Gasteiger partial charge in [0, 0.05) is 5.02 Å². The number of hydrogen-bond acceptors (Lipinski definition) is 2. The van der Waals surface area contributed by atoms with Gasteiger partial charge < -0.3 is 10.5 Å². The molecule has 0 radical (unpaired) electrons. The highest BCUT2D eigenvalue weighted by Gasteiger charge is 2.07. The van der Waals surface area contributed by atoms with Crippen molar-refractivity contribution in [3.05, 3.63) is 64.2 Å². The van der Waals surface area contributed by atoms with Crippen LogP contribution in [0.1, 0.15) is 16.7 Å². The van der Waals surface area contributed by atoms with Crippen LogP contribution in [-0.2, 0) is 6.61 Å². The van der Waals surface area contributed by atoms with Crippen molar-refractivity contribution in [2.24, 2.45) is 5.73 Å². The van der Waals surface area contributed by atoms with Crippen LogP contribution in [0.25, 0.3) is 0 Å². The molecule has 0 aliphatic carbocycles. The van der Waals surface area contributed by atoms with E-state index in [1.54, 1.807) is 0 Å².